The quantitative estimate of drug-likeness (QED) is 0.698. The fraction of sp³-hybridized carbons (Fsp3) is 0.708. The maximum Gasteiger partial charge on any atom is 0.410 e. The van der Waals surface area contributed by atoms with Crippen LogP contribution in [0.1, 0.15) is 59.9 Å². The Morgan fingerprint density at radius 3 is 2.36 bits per heavy atom. The monoisotopic (exact) mass is 386 g/mol. The molecule has 28 heavy (non-hydrogen) atoms. The van der Waals surface area contributed by atoms with Crippen molar-refractivity contribution < 1.29 is 9.53 Å². The number of nitrogens with zero attached hydrogens (tertiary/aromatic N) is 2. The van der Waals surface area contributed by atoms with Gasteiger partial charge in [0.2, 0.25) is 0 Å². The van der Waals surface area contributed by atoms with Crippen LogP contribution in [0.15, 0.2) is 24.3 Å². The van der Waals surface area contributed by atoms with E-state index in [1.807, 2.05) is 25.7 Å². The molecule has 1 aromatic rings. The number of benzene rings is 1. The Morgan fingerprint density at radius 1 is 1.07 bits per heavy atom. The average molecular weight is 387 g/mol. The zero-order valence-electron chi connectivity index (χ0n) is 18.6. The van der Waals surface area contributed by atoms with Gasteiger partial charge in [-0.05, 0) is 69.1 Å². The van der Waals surface area contributed by atoms with E-state index in [0.29, 0.717) is 23.8 Å². The number of ether oxygens (including phenoxy) is 1. The molecular formula is C24H38N2O2. The van der Waals surface area contributed by atoms with E-state index in [4.69, 9.17) is 4.74 Å². The summed E-state index contributed by atoms with van der Waals surface area (Å²) in [6.07, 6.45) is 3.46. The third-order valence-corrected chi connectivity index (χ3v) is 6.61. The van der Waals surface area contributed by atoms with Crippen LogP contribution in [-0.2, 0) is 11.2 Å². The molecule has 0 aromatic heterocycles. The standard InChI is InChI=1S/C24H38N2O2/c1-7-8-9-19-10-12-21(13-11-19)26-15-20-14-25(23(27)28-24(4,5)6)16-22(26)18(3)17(20)2/h10-13,17-18,20,22H,7-9,14-16H2,1-6H3/t17-,18+,20?,22?/m1/s1. The van der Waals surface area contributed by atoms with E-state index in [0.717, 1.165) is 26.1 Å². The first-order valence-electron chi connectivity index (χ1n) is 11.0. The lowest BCUT2D eigenvalue weighted by molar-refractivity contribution is 0.0239. The highest BCUT2D eigenvalue weighted by molar-refractivity contribution is 5.68. The Kier molecular flexibility index (Phi) is 6.26. The highest BCUT2D eigenvalue weighted by Gasteiger charge is 2.45. The molecule has 0 radical (unpaired) electrons. The number of unbranched alkanes of at least 4 members (excludes halogenated alkanes) is 1. The molecule has 3 saturated heterocycles. The summed E-state index contributed by atoms with van der Waals surface area (Å²) in [7, 11) is 0. The third kappa shape index (κ3) is 4.64. The summed E-state index contributed by atoms with van der Waals surface area (Å²) in [6, 6.07) is 9.46. The van der Waals surface area contributed by atoms with Gasteiger partial charge in [-0.1, -0.05) is 39.3 Å². The van der Waals surface area contributed by atoms with Gasteiger partial charge in [0.05, 0.1) is 0 Å². The van der Waals surface area contributed by atoms with Gasteiger partial charge in [0.1, 0.15) is 5.60 Å². The first-order valence-corrected chi connectivity index (χ1v) is 11.0. The van der Waals surface area contributed by atoms with Crippen LogP contribution in [0.4, 0.5) is 10.5 Å². The molecule has 0 N–H and O–H groups in total. The summed E-state index contributed by atoms with van der Waals surface area (Å²) < 4.78 is 5.69. The zero-order valence-corrected chi connectivity index (χ0v) is 18.6. The van der Waals surface area contributed by atoms with E-state index in [1.54, 1.807) is 0 Å². The molecule has 3 aliphatic heterocycles. The van der Waals surface area contributed by atoms with Crippen molar-refractivity contribution in [2.75, 3.05) is 24.5 Å². The SMILES string of the molecule is CCCCc1ccc(N2CC3CN(C(=O)OC(C)(C)C)CC2[C@@H](C)[C@H]3C)cc1. The van der Waals surface area contributed by atoms with E-state index in [2.05, 4.69) is 49.9 Å². The Labute approximate surface area is 171 Å². The number of hydrogen-bond donors (Lipinski definition) is 0. The van der Waals surface area contributed by atoms with Crippen molar-refractivity contribution >= 4 is 11.8 Å². The lowest BCUT2D eigenvalue weighted by atomic mass is 9.76. The molecule has 4 nitrogen and oxygen atoms in total. The molecule has 1 aromatic carbocycles. The van der Waals surface area contributed by atoms with Crippen LogP contribution in [0.5, 0.6) is 0 Å². The molecule has 3 aliphatic rings. The van der Waals surface area contributed by atoms with Crippen molar-refractivity contribution in [3.05, 3.63) is 29.8 Å². The van der Waals surface area contributed by atoms with Crippen LogP contribution >= 0.6 is 0 Å². The lowest BCUT2D eigenvalue weighted by Crippen LogP contribution is -2.52. The van der Waals surface area contributed by atoms with Crippen LogP contribution in [-0.4, -0.2) is 42.3 Å². The number of piperidine rings is 1. The van der Waals surface area contributed by atoms with Gasteiger partial charge in [0.25, 0.3) is 0 Å². The van der Waals surface area contributed by atoms with Gasteiger partial charge < -0.3 is 14.5 Å². The topological polar surface area (TPSA) is 32.8 Å². The molecule has 4 heteroatoms. The highest BCUT2D eigenvalue weighted by Crippen LogP contribution is 2.39. The minimum Gasteiger partial charge on any atom is -0.444 e. The molecule has 2 bridgehead atoms. The van der Waals surface area contributed by atoms with Gasteiger partial charge in [-0.25, -0.2) is 4.79 Å². The molecule has 2 unspecified atom stereocenters. The van der Waals surface area contributed by atoms with Crippen molar-refractivity contribution in [1.29, 1.82) is 0 Å². The van der Waals surface area contributed by atoms with Crippen molar-refractivity contribution in [1.82, 2.24) is 4.90 Å². The number of fused-ring (bicyclic) bond motifs is 4. The fourth-order valence-electron chi connectivity index (χ4n) is 4.70. The van der Waals surface area contributed by atoms with Crippen LogP contribution in [0, 0.1) is 17.8 Å². The van der Waals surface area contributed by atoms with E-state index < -0.39 is 5.60 Å². The molecular weight excluding hydrogens is 348 g/mol. The van der Waals surface area contributed by atoms with E-state index in [-0.39, 0.29) is 6.09 Å². The van der Waals surface area contributed by atoms with E-state index >= 15 is 0 Å². The van der Waals surface area contributed by atoms with Gasteiger partial charge in [0.15, 0.2) is 0 Å². The van der Waals surface area contributed by atoms with Crippen molar-refractivity contribution in [2.24, 2.45) is 17.8 Å². The van der Waals surface area contributed by atoms with Crippen molar-refractivity contribution in [2.45, 2.75) is 72.4 Å². The maximum absolute atomic E-state index is 12.8. The number of carbonyl (C=O) groups is 1. The number of rotatable bonds is 4. The number of carbonyl (C=O) groups excluding carboxylic acids is 1. The second-order valence-corrected chi connectivity index (χ2v) is 9.85. The Morgan fingerprint density at radius 2 is 1.75 bits per heavy atom. The summed E-state index contributed by atoms with van der Waals surface area (Å²) in [5.41, 5.74) is 2.26. The van der Waals surface area contributed by atoms with Crippen molar-refractivity contribution in [3.8, 4) is 0 Å². The van der Waals surface area contributed by atoms with E-state index in [9.17, 15) is 4.79 Å². The minimum absolute atomic E-state index is 0.166. The molecule has 0 spiro atoms. The van der Waals surface area contributed by atoms with Crippen LogP contribution < -0.4 is 4.90 Å². The predicted molar refractivity (Wildman–Crippen MR) is 116 cm³/mol. The molecule has 1 amide bonds. The average Bonchev–Trinajstić information content (AvgIpc) is 2.90. The second kappa shape index (κ2) is 8.34. The van der Waals surface area contributed by atoms with Gasteiger partial charge >= 0.3 is 6.09 Å². The predicted octanol–water partition coefficient (Wildman–Crippen LogP) is 5.36. The highest BCUT2D eigenvalue weighted by atomic mass is 16.6. The molecule has 3 fully saturated rings. The molecule has 0 saturated carbocycles. The number of aryl methyl sites for hydroxylation is 1. The lowest BCUT2D eigenvalue weighted by Gasteiger charge is -2.45. The summed E-state index contributed by atoms with van der Waals surface area (Å²) in [4.78, 5) is 17.3. The van der Waals surface area contributed by atoms with Crippen LogP contribution in [0.2, 0.25) is 0 Å². The van der Waals surface area contributed by atoms with Crippen LogP contribution in [0.25, 0.3) is 0 Å². The van der Waals surface area contributed by atoms with Gasteiger partial charge in [-0.2, -0.15) is 0 Å². The fourth-order valence-corrected chi connectivity index (χ4v) is 4.70. The van der Waals surface area contributed by atoms with Gasteiger partial charge in [0, 0.05) is 31.4 Å². The van der Waals surface area contributed by atoms with Gasteiger partial charge in [-0.15, -0.1) is 0 Å². The Hall–Kier alpha value is -1.71. The summed E-state index contributed by atoms with van der Waals surface area (Å²) in [5, 5.41) is 0. The van der Waals surface area contributed by atoms with E-state index in [1.165, 1.54) is 24.1 Å². The number of anilines is 1. The Balaban J connectivity index is 1.79. The molecule has 0 aliphatic carbocycles. The van der Waals surface area contributed by atoms with Crippen molar-refractivity contribution in [3.63, 3.8) is 0 Å². The first kappa shape index (κ1) is 21.0. The maximum atomic E-state index is 12.8. The molecule has 156 valence electrons. The number of hydrogen-bond acceptors (Lipinski definition) is 3. The molecule has 4 atom stereocenters. The summed E-state index contributed by atoms with van der Waals surface area (Å²) >= 11 is 0. The third-order valence-electron chi connectivity index (χ3n) is 6.61. The normalized spacial score (nSPS) is 27.6. The smallest absolute Gasteiger partial charge is 0.410 e. The number of amides is 1. The molecule has 3 heterocycles. The zero-order chi connectivity index (χ0) is 20.5. The summed E-state index contributed by atoms with van der Waals surface area (Å²) in [5.74, 6) is 1.63. The molecule has 4 rings (SSSR count). The largest absolute Gasteiger partial charge is 0.444 e. The van der Waals surface area contributed by atoms with Gasteiger partial charge in [-0.3, -0.25) is 0 Å². The Bertz CT molecular complexity index is 664. The second-order valence-electron chi connectivity index (χ2n) is 9.85. The summed E-state index contributed by atoms with van der Waals surface area (Å²) in [6.45, 7) is 15.3. The minimum atomic E-state index is -0.451. The van der Waals surface area contributed by atoms with Crippen LogP contribution in [0.3, 0.4) is 0 Å². The first-order chi connectivity index (χ1) is 13.2.